The zero-order chi connectivity index (χ0) is 18.1. The number of anilines is 1. The summed E-state index contributed by atoms with van der Waals surface area (Å²) >= 11 is 0. The molecule has 3 heterocycles. The van der Waals surface area contributed by atoms with Crippen molar-refractivity contribution in [3.63, 3.8) is 0 Å². The molecule has 3 aromatic rings. The molecule has 0 unspecified atom stereocenters. The highest BCUT2D eigenvalue weighted by Gasteiger charge is 2.29. The maximum Gasteiger partial charge on any atom is 0.228 e. The van der Waals surface area contributed by atoms with Crippen molar-refractivity contribution >= 4 is 11.7 Å². The third-order valence-corrected chi connectivity index (χ3v) is 4.42. The first-order valence-corrected chi connectivity index (χ1v) is 8.31. The van der Waals surface area contributed by atoms with Crippen molar-refractivity contribution in [2.45, 2.75) is 26.3 Å². The molecule has 0 aliphatic carbocycles. The van der Waals surface area contributed by atoms with E-state index < -0.39 is 0 Å². The molecule has 0 spiro atoms. The van der Waals surface area contributed by atoms with Gasteiger partial charge in [-0.1, -0.05) is 18.2 Å². The molecule has 130 valence electrons. The van der Waals surface area contributed by atoms with Gasteiger partial charge in [0, 0.05) is 35.6 Å². The monoisotopic (exact) mass is 349 g/mol. The average Bonchev–Trinajstić information content (AvgIpc) is 2.66. The Hall–Kier alpha value is -3.22. The van der Waals surface area contributed by atoms with Crippen molar-refractivity contribution in [1.29, 1.82) is 0 Å². The Morgan fingerprint density at radius 3 is 2.77 bits per heavy atom. The van der Waals surface area contributed by atoms with Gasteiger partial charge in [0.1, 0.15) is 17.3 Å². The number of benzene rings is 1. The summed E-state index contributed by atoms with van der Waals surface area (Å²) in [6.07, 6.45) is 5.65. The van der Waals surface area contributed by atoms with E-state index in [2.05, 4.69) is 19.9 Å². The summed E-state index contributed by atoms with van der Waals surface area (Å²) in [7, 11) is 0. The fraction of sp³-hybridized carbons (Fsp3) is 0.211. The lowest BCUT2D eigenvalue weighted by molar-refractivity contribution is -0.119. The molecule has 0 saturated carbocycles. The summed E-state index contributed by atoms with van der Waals surface area (Å²) in [6.45, 7) is 2.02. The molecule has 1 amide bonds. The molecular weight excluding hydrogens is 333 g/mol. The second-order valence-corrected chi connectivity index (χ2v) is 6.10. The lowest BCUT2D eigenvalue weighted by atomic mass is 10.0. The Morgan fingerprint density at radius 2 is 2.00 bits per heavy atom. The van der Waals surface area contributed by atoms with Crippen LogP contribution in [0, 0.1) is 12.7 Å². The van der Waals surface area contributed by atoms with Crippen LogP contribution in [0.2, 0.25) is 0 Å². The average molecular weight is 349 g/mol. The number of aryl methyl sites for hydroxylation is 1. The van der Waals surface area contributed by atoms with Gasteiger partial charge in [-0.2, -0.15) is 0 Å². The Labute approximate surface area is 149 Å². The Balaban J connectivity index is 1.80. The van der Waals surface area contributed by atoms with Crippen LogP contribution in [-0.4, -0.2) is 25.8 Å². The van der Waals surface area contributed by atoms with Gasteiger partial charge in [-0.3, -0.25) is 14.7 Å². The van der Waals surface area contributed by atoms with Gasteiger partial charge in [0.15, 0.2) is 5.82 Å². The summed E-state index contributed by atoms with van der Waals surface area (Å²) in [6, 6.07) is 6.45. The third kappa shape index (κ3) is 2.92. The first-order valence-electron chi connectivity index (χ1n) is 8.31. The maximum atomic E-state index is 14.1. The van der Waals surface area contributed by atoms with Crippen LogP contribution in [0.4, 0.5) is 10.2 Å². The minimum atomic E-state index is -0.340. The molecule has 0 bridgehead atoms. The lowest BCUT2D eigenvalue weighted by Gasteiger charge is -2.29. The van der Waals surface area contributed by atoms with Crippen molar-refractivity contribution in [1.82, 2.24) is 19.9 Å². The molecule has 0 fully saturated rings. The third-order valence-electron chi connectivity index (χ3n) is 4.42. The largest absolute Gasteiger partial charge is 0.292 e. The molecule has 1 aliphatic rings. The van der Waals surface area contributed by atoms with E-state index >= 15 is 0 Å². The van der Waals surface area contributed by atoms with Crippen molar-refractivity contribution in [2.24, 2.45) is 0 Å². The summed E-state index contributed by atoms with van der Waals surface area (Å²) in [4.78, 5) is 31.4. The predicted molar refractivity (Wildman–Crippen MR) is 93.7 cm³/mol. The summed E-state index contributed by atoms with van der Waals surface area (Å²) in [5, 5.41) is 0. The van der Waals surface area contributed by atoms with Crippen molar-refractivity contribution in [2.75, 3.05) is 4.90 Å². The van der Waals surface area contributed by atoms with Crippen LogP contribution in [0.3, 0.4) is 0 Å². The number of carbonyl (C=O) groups excluding carboxylic acids is 1. The molecule has 4 rings (SSSR count). The molecule has 26 heavy (non-hydrogen) atoms. The van der Waals surface area contributed by atoms with E-state index in [1.807, 2.05) is 6.92 Å². The van der Waals surface area contributed by atoms with Crippen molar-refractivity contribution in [3.05, 3.63) is 65.5 Å². The van der Waals surface area contributed by atoms with Gasteiger partial charge in [-0.15, -0.1) is 0 Å². The molecule has 0 radical (unpaired) electrons. The van der Waals surface area contributed by atoms with E-state index in [0.29, 0.717) is 35.7 Å². The van der Waals surface area contributed by atoms with Gasteiger partial charge in [-0.05, 0) is 19.4 Å². The number of amides is 1. The smallest absolute Gasteiger partial charge is 0.228 e. The molecule has 0 N–H and O–H groups in total. The number of rotatable bonds is 3. The van der Waals surface area contributed by atoms with Crippen LogP contribution in [0.5, 0.6) is 0 Å². The molecule has 1 aromatic carbocycles. The maximum absolute atomic E-state index is 14.1. The zero-order valence-corrected chi connectivity index (χ0v) is 14.2. The Kier molecular flexibility index (Phi) is 4.12. The number of nitrogens with zero attached hydrogens (tertiary/aromatic N) is 5. The van der Waals surface area contributed by atoms with Gasteiger partial charge >= 0.3 is 0 Å². The topological polar surface area (TPSA) is 71.9 Å². The first-order chi connectivity index (χ1) is 12.6. The highest BCUT2D eigenvalue weighted by molar-refractivity contribution is 5.95. The fourth-order valence-electron chi connectivity index (χ4n) is 3.07. The fourth-order valence-corrected chi connectivity index (χ4v) is 3.07. The van der Waals surface area contributed by atoms with Crippen LogP contribution in [0.15, 0.2) is 42.9 Å². The second-order valence-electron chi connectivity index (χ2n) is 6.10. The van der Waals surface area contributed by atoms with Crippen LogP contribution in [-0.2, 0) is 17.8 Å². The number of halogens is 1. The number of hydrogen-bond acceptors (Lipinski definition) is 5. The van der Waals surface area contributed by atoms with E-state index in [1.54, 1.807) is 36.8 Å². The minimum Gasteiger partial charge on any atom is -0.292 e. The predicted octanol–water partition coefficient (Wildman–Crippen LogP) is 2.86. The van der Waals surface area contributed by atoms with E-state index in [1.165, 1.54) is 11.0 Å². The van der Waals surface area contributed by atoms with E-state index in [9.17, 15) is 9.18 Å². The number of fused-ring (bicyclic) bond motifs is 1. The molecule has 7 heteroatoms. The van der Waals surface area contributed by atoms with Gasteiger partial charge in [0.25, 0.3) is 0 Å². The zero-order valence-electron chi connectivity index (χ0n) is 14.2. The van der Waals surface area contributed by atoms with Gasteiger partial charge in [0.2, 0.25) is 5.91 Å². The molecule has 6 nitrogen and oxygen atoms in total. The molecular formula is C19H16FN5O. The standard InChI is InChI=1S/C19H16FN5O/c1-12-14-6-7-17(26)25(11-13-4-2-3-5-15(13)20)19(14)24-18(23-12)16-10-21-8-9-22-16/h2-5,8-10H,6-7,11H2,1H3. The van der Waals surface area contributed by atoms with Gasteiger partial charge < -0.3 is 0 Å². The number of hydrogen-bond donors (Lipinski definition) is 0. The number of aromatic nitrogens is 4. The second kappa shape index (κ2) is 6.59. The van der Waals surface area contributed by atoms with Crippen molar-refractivity contribution < 1.29 is 9.18 Å². The summed E-state index contributed by atoms with van der Waals surface area (Å²) < 4.78 is 14.1. The Bertz CT molecular complexity index is 977. The first kappa shape index (κ1) is 16.3. The van der Waals surface area contributed by atoms with Crippen LogP contribution >= 0.6 is 0 Å². The van der Waals surface area contributed by atoms with E-state index in [4.69, 9.17) is 0 Å². The van der Waals surface area contributed by atoms with Gasteiger partial charge in [0.05, 0.1) is 12.7 Å². The molecule has 2 aromatic heterocycles. The van der Waals surface area contributed by atoms with E-state index in [0.717, 1.165) is 11.3 Å². The Morgan fingerprint density at radius 1 is 1.15 bits per heavy atom. The highest BCUT2D eigenvalue weighted by Crippen LogP contribution is 2.31. The van der Waals surface area contributed by atoms with Gasteiger partial charge in [-0.25, -0.2) is 19.3 Å². The SMILES string of the molecule is Cc1nc(-c2cnccn2)nc2c1CCC(=O)N2Cc1ccccc1F. The van der Waals surface area contributed by atoms with E-state index in [-0.39, 0.29) is 18.3 Å². The molecule has 1 aliphatic heterocycles. The van der Waals surface area contributed by atoms with Crippen LogP contribution in [0.25, 0.3) is 11.5 Å². The van der Waals surface area contributed by atoms with Crippen LogP contribution < -0.4 is 4.90 Å². The summed E-state index contributed by atoms with van der Waals surface area (Å²) in [5.41, 5.74) is 2.68. The number of carbonyl (C=O) groups is 1. The summed E-state index contributed by atoms with van der Waals surface area (Å²) in [5.74, 6) is 0.511. The quantitative estimate of drug-likeness (QED) is 0.727. The normalized spacial score (nSPS) is 13.6. The molecule has 0 saturated heterocycles. The van der Waals surface area contributed by atoms with Crippen LogP contribution in [0.1, 0.15) is 23.2 Å². The lowest BCUT2D eigenvalue weighted by Crippen LogP contribution is -2.36. The molecule has 0 atom stereocenters. The highest BCUT2D eigenvalue weighted by atomic mass is 19.1. The van der Waals surface area contributed by atoms with Crippen molar-refractivity contribution in [3.8, 4) is 11.5 Å². The minimum absolute atomic E-state index is 0.0797.